The van der Waals surface area contributed by atoms with Gasteiger partial charge >= 0.3 is 0 Å². The Bertz CT molecular complexity index is 741. The van der Waals surface area contributed by atoms with Gasteiger partial charge in [-0.2, -0.15) is 0 Å². The van der Waals surface area contributed by atoms with Gasteiger partial charge in [0.15, 0.2) is 0 Å². The van der Waals surface area contributed by atoms with Crippen LogP contribution in [-0.4, -0.2) is 17.2 Å². The normalized spacial score (nSPS) is 13.7. The van der Waals surface area contributed by atoms with E-state index in [1.54, 1.807) is 0 Å². The van der Waals surface area contributed by atoms with Crippen molar-refractivity contribution in [1.82, 2.24) is 10.2 Å². The van der Waals surface area contributed by atoms with Crippen LogP contribution in [0.5, 0.6) is 0 Å². The van der Waals surface area contributed by atoms with Crippen LogP contribution >= 0.6 is 0 Å². The molecule has 0 saturated heterocycles. The zero-order valence-electron chi connectivity index (χ0n) is 16.7. The predicted molar refractivity (Wildman–Crippen MR) is 110 cm³/mol. The summed E-state index contributed by atoms with van der Waals surface area (Å²) in [5.74, 6) is 1.74. The fourth-order valence-electron chi connectivity index (χ4n) is 2.98. The van der Waals surface area contributed by atoms with Crippen LogP contribution in [0.25, 0.3) is 17.0 Å². The van der Waals surface area contributed by atoms with Crippen molar-refractivity contribution in [3.8, 4) is 11.5 Å². The molecule has 4 nitrogen and oxygen atoms in total. The first-order valence-corrected chi connectivity index (χ1v) is 9.58. The zero-order chi connectivity index (χ0) is 18.9. The number of benzene rings is 1. The second kappa shape index (κ2) is 9.95. The topological polar surface area (TPSA) is 51.0 Å². The number of allylic oxidation sites excluding steroid dienone is 4. The van der Waals surface area contributed by atoms with Gasteiger partial charge in [0.05, 0.1) is 0 Å². The standard InChI is InChI=1S/C22H31N3O/c1-6-8-16(3)18(9-7-2)11-10-17(4)21-24-25-22(26-21)19-12-14-20(23-5)15-13-19/h10-16,23H,6-9H2,1-5H3/b17-10+,18-11-. The lowest BCUT2D eigenvalue weighted by atomic mass is 9.92. The number of aromatic nitrogens is 2. The Morgan fingerprint density at radius 1 is 1.12 bits per heavy atom. The summed E-state index contributed by atoms with van der Waals surface area (Å²) in [6, 6.07) is 7.95. The van der Waals surface area contributed by atoms with E-state index in [2.05, 4.69) is 48.4 Å². The Morgan fingerprint density at radius 2 is 1.85 bits per heavy atom. The van der Waals surface area contributed by atoms with Gasteiger partial charge in [0.25, 0.3) is 0 Å². The summed E-state index contributed by atoms with van der Waals surface area (Å²) in [6.07, 6.45) is 9.09. The minimum Gasteiger partial charge on any atom is -0.416 e. The monoisotopic (exact) mass is 353 g/mol. The number of anilines is 1. The molecule has 1 N–H and O–H groups in total. The minimum atomic E-state index is 0.549. The van der Waals surface area contributed by atoms with Crippen molar-refractivity contribution in [2.45, 2.75) is 53.4 Å². The summed E-state index contributed by atoms with van der Waals surface area (Å²) in [4.78, 5) is 0. The average Bonchev–Trinajstić information content (AvgIpc) is 3.15. The molecule has 4 heteroatoms. The zero-order valence-corrected chi connectivity index (χ0v) is 16.7. The van der Waals surface area contributed by atoms with Gasteiger partial charge in [0, 0.05) is 23.9 Å². The number of nitrogens with one attached hydrogen (secondary N) is 1. The van der Waals surface area contributed by atoms with Crippen LogP contribution in [0.3, 0.4) is 0 Å². The molecule has 2 aromatic rings. The van der Waals surface area contributed by atoms with Crippen molar-refractivity contribution in [2.24, 2.45) is 5.92 Å². The first-order chi connectivity index (χ1) is 12.6. The maximum atomic E-state index is 5.87. The van der Waals surface area contributed by atoms with Crippen molar-refractivity contribution in [3.05, 3.63) is 47.9 Å². The quantitative estimate of drug-likeness (QED) is 0.534. The molecule has 0 aliphatic carbocycles. The van der Waals surface area contributed by atoms with Crippen LogP contribution in [0.4, 0.5) is 5.69 Å². The third-order valence-corrected chi connectivity index (χ3v) is 4.62. The second-order valence-corrected chi connectivity index (χ2v) is 6.77. The Balaban J connectivity index is 2.17. The van der Waals surface area contributed by atoms with Gasteiger partial charge in [-0.3, -0.25) is 0 Å². The molecule has 0 spiro atoms. The highest BCUT2D eigenvalue weighted by Gasteiger charge is 2.10. The lowest BCUT2D eigenvalue weighted by Gasteiger charge is -2.14. The molecular weight excluding hydrogens is 322 g/mol. The van der Waals surface area contributed by atoms with Crippen molar-refractivity contribution >= 4 is 11.3 Å². The van der Waals surface area contributed by atoms with Crippen LogP contribution in [0.1, 0.15) is 59.3 Å². The van der Waals surface area contributed by atoms with Gasteiger partial charge in [-0.15, -0.1) is 10.2 Å². The minimum absolute atomic E-state index is 0.549. The molecule has 1 unspecified atom stereocenters. The van der Waals surface area contributed by atoms with Crippen molar-refractivity contribution in [3.63, 3.8) is 0 Å². The molecule has 140 valence electrons. The average molecular weight is 354 g/mol. The molecule has 0 amide bonds. The van der Waals surface area contributed by atoms with Gasteiger partial charge in [0.1, 0.15) is 0 Å². The van der Waals surface area contributed by atoms with Crippen LogP contribution in [0.2, 0.25) is 0 Å². The Kier molecular flexibility index (Phi) is 7.64. The molecular formula is C22H31N3O. The summed E-state index contributed by atoms with van der Waals surface area (Å²) >= 11 is 0. The van der Waals surface area contributed by atoms with E-state index in [9.17, 15) is 0 Å². The Hall–Kier alpha value is -2.36. The van der Waals surface area contributed by atoms with Crippen LogP contribution < -0.4 is 5.32 Å². The molecule has 2 rings (SSSR count). The Labute approximate surface area is 157 Å². The molecule has 0 bridgehead atoms. The molecule has 1 aromatic carbocycles. The number of hydrogen-bond donors (Lipinski definition) is 1. The third-order valence-electron chi connectivity index (χ3n) is 4.62. The molecule has 1 atom stereocenters. The first-order valence-electron chi connectivity index (χ1n) is 9.58. The van der Waals surface area contributed by atoms with Gasteiger partial charge in [0.2, 0.25) is 11.8 Å². The predicted octanol–water partition coefficient (Wildman–Crippen LogP) is 6.34. The van der Waals surface area contributed by atoms with E-state index in [1.807, 2.05) is 38.2 Å². The molecule has 0 aliphatic rings. The maximum Gasteiger partial charge on any atom is 0.248 e. The number of nitrogens with zero attached hydrogens (tertiary/aromatic N) is 2. The molecule has 0 saturated carbocycles. The summed E-state index contributed by atoms with van der Waals surface area (Å²) in [6.45, 7) is 8.80. The summed E-state index contributed by atoms with van der Waals surface area (Å²) in [7, 11) is 1.90. The van der Waals surface area contributed by atoms with Crippen molar-refractivity contribution in [1.29, 1.82) is 0 Å². The van der Waals surface area contributed by atoms with E-state index >= 15 is 0 Å². The lowest BCUT2D eigenvalue weighted by molar-refractivity contribution is 0.553. The van der Waals surface area contributed by atoms with Crippen LogP contribution in [0.15, 0.2) is 46.4 Å². The molecule has 1 aromatic heterocycles. The molecule has 26 heavy (non-hydrogen) atoms. The molecule has 0 radical (unpaired) electrons. The summed E-state index contributed by atoms with van der Waals surface area (Å²) in [5.41, 5.74) is 4.47. The van der Waals surface area contributed by atoms with Crippen LogP contribution in [-0.2, 0) is 0 Å². The third kappa shape index (κ3) is 5.32. The van der Waals surface area contributed by atoms with E-state index in [-0.39, 0.29) is 0 Å². The second-order valence-electron chi connectivity index (χ2n) is 6.77. The first kappa shape index (κ1) is 20.0. The highest BCUT2D eigenvalue weighted by molar-refractivity contribution is 5.62. The van der Waals surface area contributed by atoms with E-state index in [4.69, 9.17) is 4.42 Å². The van der Waals surface area contributed by atoms with E-state index in [0.717, 1.165) is 23.2 Å². The van der Waals surface area contributed by atoms with Gasteiger partial charge in [-0.1, -0.05) is 51.3 Å². The summed E-state index contributed by atoms with van der Waals surface area (Å²) < 4.78 is 5.87. The molecule has 0 aliphatic heterocycles. The van der Waals surface area contributed by atoms with Crippen molar-refractivity contribution in [2.75, 3.05) is 12.4 Å². The van der Waals surface area contributed by atoms with E-state index in [0.29, 0.717) is 17.7 Å². The fraction of sp³-hybridized carbons (Fsp3) is 0.455. The smallest absolute Gasteiger partial charge is 0.248 e. The number of hydrogen-bond acceptors (Lipinski definition) is 4. The van der Waals surface area contributed by atoms with Crippen molar-refractivity contribution < 1.29 is 4.42 Å². The van der Waals surface area contributed by atoms with Gasteiger partial charge in [-0.05, 0) is 49.9 Å². The fourth-order valence-corrected chi connectivity index (χ4v) is 2.98. The van der Waals surface area contributed by atoms with Gasteiger partial charge in [-0.25, -0.2) is 0 Å². The highest BCUT2D eigenvalue weighted by Crippen LogP contribution is 2.24. The van der Waals surface area contributed by atoms with Gasteiger partial charge < -0.3 is 9.73 Å². The largest absolute Gasteiger partial charge is 0.416 e. The van der Waals surface area contributed by atoms with E-state index in [1.165, 1.54) is 24.8 Å². The summed E-state index contributed by atoms with van der Waals surface area (Å²) in [5, 5.41) is 11.5. The van der Waals surface area contributed by atoms with E-state index < -0.39 is 0 Å². The van der Waals surface area contributed by atoms with Crippen LogP contribution in [0, 0.1) is 5.92 Å². The highest BCUT2D eigenvalue weighted by atomic mass is 16.4. The molecule has 1 heterocycles. The molecule has 0 fully saturated rings. The number of rotatable bonds is 9. The lowest BCUT2D eigenvalue weighted by Crippen LogP contribution is -1.98. The SMILES string of the molecule is CCC/C(=C/C=C(\C)c1nnc(-c2ccc(NC)cc2)o1)C(C)CCC. The Morgan fingerprint density at radius 3 is 2.46 bits per heavy atom. The maximum absolute atomic E-state index is 5.87.